The molecule has 2 rings (SSSR count). The van der Waals surface area contributed by atoms with E-state index in [1.54, 1.807) is 29.9 Å². The summed E-state index contributed by atoms with van der Waals surface area (Å²) >= 11 is 4.81. The number of hydrogen-bond donors (Lipinski definition) is 2. The number of nitrogen functional groups attached to an aromatic ring is 1. The Morgan fingerprint density at radius 3 is 3.06 bits per heavy atom. The van der Waals surface area contributed by atoms with E-state index >= 15 is 0 Å². The van der Waals surface area contributed by atoms with Crippen molar-refractivity contribution in [1.82, 2.24) is 10.3 Å². The molecule has 1 heterocycles. The number of aromatic nitrogens is 1. The highest BCUT2D eigenvalue weighted by molar-refractivity contribution is 9.10. The number of benzene rings is 1. The van der Waals surface area contributed by atoms with E-state index in [4.69, 9.17) is 5.73 Å². The first-order valence-electron chi connectivity index (χ1n) is 4.87. The van der Waals surface area contributed by atoms with E-state index in [9.17, 15) is 4.79 Å². The van der Waals surface area contributed by atoms with Gasteiger partial charge in [0.2, 0.25) is 0 Å². The number of carbonyl (C=O) groups excluding carboxylic acids is 1. The number of nitrogens with one attached hydrogen (secondary N) is 1. The molecule has 1 aromatic carbocycles. The molecule has 0 saturated carbocycles. The Bertz CT molecular complexity index is 528. The highest BCUT2D eigenvalue weighted by atomic mass is 79.9. The maximum absolute atomic E-state index is 11.9. The summed E-state index contributed by atoms with van der Waals surface area (Å²) in [5.41, 5.74) is 8.42. The van der Waals surface area contributed by atoms with E-state index in [0.29, 0.717) is 17.8 Å². The number of carbonyl (C=O) groups is 1. The molecule has 0 unspecified atom stereocenters. The highest BCUT2D eigenvalue weighted by Crippen LogP contribution is 2.18. The minimum Gasteiger partial charge on any atom is -0.398 e. The minimum absolute atomic E-state index is 0.183. The smallest absolute Gasteiger partial charge is 0.253 e. The maximum atomic E-state index is 11.9. The molecule has 0 fully saturated rings. The van der Waals surface area contributed by atoms with Crippen LogP contribution >= 0.6 is 27.3 Å². The van der Waals surface area contributed by atoms with E-state index in [0.717, 1.165) is 9.35 Å². The van der Waals surface area contributed by atoms with Gasteiger partial charge in [0.05, 0.1) is 17.6 Å². The topological polar surface area (TPSA) is 68.0 Å². The molecule has 17 heavy (non-hydrogen) atoms. The van der Waals surface area contributed by atoms with Crippen molar-refractivity contribution in [3.63, 3.8) is 0 Å². The number of nitrogens with two attached hydrogens (primary N) is 1. The fraction of sp³-hybridized carbons (Fsp3) is 0.0909. The summed E-state index contributed by atoms with van der Waals surface area (Å²) in [6.45, 7) is 0.468. The lowest BCUT2D eigenvalue weighted by atomic mass is 10.1. The minimum atomic E-state index is -0.183. The van der Waals surface area contributed by atoms with E-state index in [1.165, 1.54) is 11.3 Å². The molecule has 4 nitrogen and oxygen atoms in total. The molecule has 2 aromatic rings. The molecule has 0 saturated heterocycles. The first kappa shape index (κ1) is 12.1. The van der Waals surface area contributed by atoms with E-state index < -0.39 is 0 Å². The second kappa shape index (κ2) is 5.29. The highest BCUT2D eigenvalue weighted by Gasteiger charge is 2.10. The van der Waals surface area contributed by atoms with Crippen molar-refractivity contribution in [2.24, 2.45) is 0 Å². The van der Waals surface area contributed by atoms with Gasteiger partial charge in [0.15, 0.2) is 0 Å². The zero-order chi connectivity index (χ0) is 12.3. The van der Waals surface area contributed by atoms with Crippen LogP contribution in [0.1, 0.15) is 15.2 Å². The molecule has 1 amide bonds. The van der Waals surface area contributed by atoms with Gasteiger partial charge in [-0.1, -0.05) is 15.9 Å². The lowest BCUT2D eigenvalue weighted by Gasteiger charge is -2.06. The third kappa shape index (κ3) is 3.04. The predicted octanol–water partition coefficient (Wildman–Crippen LogP) is 2.42. The Balaban J connectivity index is 2.07. The van der Waals surface area contributed by atoms with E-state index in [2.05, 4.69) is 26.2 Å². The van der Waals surface area contributed by atoms with Crippen LogP contribution in [-0.2, 0) is 6.54 Å². The van der Waals surface area contributed by atoms with Crippen LogP contribution in [0.25, 0.3) is 0 Å². The summed E-state index contributed by atoms with van der Waals surface area (Å²) in [5, 5.41) is 2.80. The van der Waals surface area contributed by atoms with Crippen LogP contribution in [0.5, 0.6) is 0 Å². The molecular weight excluding hydrogens is 302 g/mol. The van der Waals surface area contributed by atoms with Gasteiger partial charge in [-0.25, -0.2) is 0 Å². The normalized spacial score (nSPS) is 10.2. The molecular formula is C11H10BrN3OS. The Hall–Kier alpha value is -1.40. The second-order valence-corrected chi connectivity index (χ2v) is 5.27. The van der Waals surface area contributed by atoms with Crippen molar-refractivity contribution >= 4 is 38.9 Å². The van der Waals surface area contributed by atoms with Crippen LogP contribution in [0.15, 0.2) is 34.4 Å². The average Bonchev–Trinajstić information content (AvgIpc) is 2.82. The Morgan fingerprint density at radius 2 is 2.35 bits per heavy atom. The summed E-state index contributed by atoms with van der Waals surface area (Å²) in [4.78, 5) is 16.8. The summed E-state index contributed by atoms with van der Waals surface area (Å²) < 4.78 is 0.828. The van der Waals surface area contributed by atoms with Gasteiger partial charge in [0.25, 0.3) is 5.91 Å². The molecule has 0 aliphatic heterocycles. The number of thiazole rings is 1. The molecule has 0 spiro atoms. The largest absolute Gasteiger partial charge is 0.398 e. The molecule has 1 aromatic heterocycles. The van der Waals surface area contributed by atoms with E-state index in [1.807, 2.05) is 0 Å². The van der Waals surface area contributed by atoms with Gasteiger partial charge in [-0.15, -0.1) is 11.3 Å². The quantitative estimate of drug-likeness (QED) is 0.855. The Labute approximate surface area is 111 Å². The van der Waals surface area contributed by atoms with Crippen LogP contribution in [-0.4, -0.2) is 10.9 Å². The monoisotopic (exact) mass is 311 g/mol. The molecule has 6 heteroatoms. The molecule has 0 radical (unpaired) electrons. The molecule has 0 bridgehead atoms. The number of nitrogens with zero attached hydrogens (tertiary/aromatic N) is 1. The van der Waals surface area contributed by atoms with Crippen molar-refractivity contribution in [1.29, 1.82) is 0 Å². The van der Waals surface area contributed by atoms with Crippen LogP contribution in [0.2, 0.25) is 0 Å². The van der Waals surface area contributed by atoms with Gasteiger partial charge in [-0.3, -0.25) is 9.78 Å². The van der Waals surface area contributed by atoms with Crippen molar-refractivity contribution in [3.05, 3.63) is 44.8 Å². The summed E-state index contributed by atoms with van der Waals surface area (Å²) in [5.74, 6) is -0.183. The Morgan fingerprint density at radius 1 is 1.53 bits per heavy atom. The zero-order valence-corrected chi connectivity index (χ0v) is 11.2. The van der Waals surface area contributed by atoms with Gasteiger partial charge in [0, 0.05) is 21.2 Å². The number of halogens is 1. The predicted molar refractivity (Wildman–Crippen MR) is 71.8 cm³/mol. The number of amides is 1. The maximum Gasteiger partial charge on any atom is 0.253 e. The van der Waals surface area contributed by atoms with Crippen LogP contribution in [0.4, 0.5) is 5.69 Å². The summed E-state index contributed by atoms with van der Waals surface area (Å²) in [6.07, 6.45) is 1.73. The van der Waals surface area contributed by atoms with Crippen molar-refractivity contribution < 1.29 is 4.79 Å². The SMILES string of the molecule is Nc1ccc(Br)cc1C(=O)NCc1cncs1. The number of rotatable bonds is 3. The Kier molecular flexibility index (Phi) is 3.75. The van der Waals surface area contributed by atoms with Crippen LogP contribution in [0, 0.1) is 0 Å². The second-order valence-electron chi connectivity index (χ2n) is 3.38. The van der Waals surface area contributed by atoms with Crippen LogP contribution in [0.3, 0.4) is 0 Å². The summed E-state index contributed by atoms with van der Waals surface area (Å²) in [7, 11) is 0. The van der Waals surface area contributed by atoms with Crippen LogP contribution < -0.4 is 11.1 Å². The molecule has 88 valence electrons. The fourth-order valence-electron chi connectivity index (χ4n) is 1.32. The van der Waals surface area contributed by atoms with Gasteiger partial charge in [0.1, 0.15) is 0 Å². The first-order chi connectivity index (χ1) is 8.16. The average molecular weight is 312 g/mol. The van der Waals surface area contributed by atoms with Gasteiger partial charge >= 0.3 is 0 Å². The summed E-state index contributed by atoms with van der Waals surface area (Å²) in [6, 6.07) is 5.21. The fourth-order valence-corrected chi connectivity index (χ4v) is 2.21. The van der Waals surface area contributed by atoms with Gasteiger partial charge in [-0.05, 0) is 18.2 Å². The molecule has 0 aliphatic carbocycles. The molecule has 0 aliphatic rings. The van der Waals surface area contributed by atoms with Gasteiger partial charge < -0.3 is 11.1 Å². The van der Waals surface area contributed by atoms with Crippen molar-refractivity contribution in [3.8, 4) is 0 Å². The number of anilines is 1. The first-order valence-corrected chi connectivity index (χ1v) is 6.54. The standard InChI is InChI=1S/C11H10BrN3OS/c12-7-1-2-10(13)9(3-7)11(16)15-5-8-4-14-6-17-8/h1-4,6H,5,13H2,(H,15,16). The van der Waals surface area contributed by atoms with E-state index in [-0.39, 0.29) is 5.91 Å². The number of hydrogen-bond acceptors (Lipinski definition) is 4. The lowest BCUT2D eigenvalue weighted by molar-refractivity contribution is 0.0952. The third-order valence-corrected chi connectivity index (χ3v) is 3.44. The zero-order valence-electron chi connectivity index (χ0n) is 8.81. The van der Waals surface area contributed by atoms with Gasteiger partial charge in [-0.2, -0.15) is 0 Å². The molecule has 3 N–H and O–H groups in total. The van der Waals surface area contributed by atoms with Crippen molar-refractivity contribution in [2.45, 2.75) is 6.54 Å². The van der Waals surface area contributed by atoms with Crippen molar-refractivity contribution in [2.75, 3.05) is 5.73 Å². The molecule has 0 atom stereocenters. The third-order valence-electron chi connectivity index (χ3n) is 2.17. The lowest BCUT2D eigenvalue weighted by Crippen LogP contribution is -2.23.